The molecule has 0 radical (unpaired) electrons. The number of hydrogen-bond acceptors (Lipinski definition) is 11. The Kier molecular flexibility index (Phi) is 13.0. The van der Waals surface area contributed by atoms with Crippen LogP contribution >= 0.6 is 0 Å². The minimum Gasteiger partial charge on any atom is -0.467 e. The number of benzene rings is 1. The molecule has 56 heavy (non-hydrogen) atoms. The average molecular weight is 785 g/mol. The van der Waals surface area contributed by atoms with Gasteiger partial charge in [-0.15, -0.1) is 0 Å². The molecule has 8 atom stereocenters. The number of methoxy groups -OCH3 is 1. The minimum absolute atomic E-state index is 0.0223. The lowest BCUT2D eigenvalue weighted by Crippen LogP contribution is -2.57. The van der Waals surface area contributed by atoms with Crippen LogP contribution in [0.15, 0.2) is 30.3 Å². The molecule has 2 aliphatic heterocycles. The summed E-state index contributed by atoms with van der Waals surface area (Å²) in [6.45, 7) is 10.4. The first-order valence-corrected chi connectivity index (χ1v) is 19.3. The van der Waals surface area contributed by atoms with Crippen LogP contribution < -0.4 is 21.3 Å². The Morgan fingerprint density at radius 2 is 1.12 bits per heavy atom. The van der Waals surface area contributed by atoms with E-state index in [1.54, 1.807) is 41.5 Å². The summed E-state index contributed by atoms with van der Waals surface area (Å²) in [6, 6.07) is 5.25. The van der Waals surface area contributed by atoms with Gasteiger partial charge < -0.3 is 40.2 Å². The van der Waals surface area contributed by atoms with Crippen molar-refractivity contribution in [2.75, 3.05) is 20.2 Å². The maximum absolute atomic E-state index is 13.8. The van der Waals surface area contributed by atoms with Gasteiger partial charge in [0.2, 0.25) is 17.7 Å². The number of carbonyl (C=O) groups excluding carboxylic acids is 7. The smallest absolute Gasteiger partial charge is 0.411 e. The third kappa shape index (κ3) is 10.8. The van der Waals surface area contributed by atoms with Crippen molar-refractivity contribution in [2.45, 2.75) is 134 Å². The monoisotopic (exact) mass is 784 g/mol. The Bertz CT molecular complexity index is 1640. The molecule has 4 aliphatic rings. The van der Waals surface area contributed by atoms with Gasteiger partial charge in [0.1, 0.15) is 29.9 Å². The van der Waals surface area contributed by atoms with Crippen molar-refractivity contribution < 1.29 is 52.5 Å². The van der Waals surface area contributed by atoms with Crippen molar-refractivity contribution in [3.05, 3.63) is 35.9 Å². The second-order valence-corrected chi connectivity index (χ2v) is 17.0. The first-order chi connectivity index (χ1) is 26.3. The van der Waals surface area contributed by atoms with E-state index in [-0.39, 0.29) is 44.4 Å². The van der Waals surface area contributed by atoms with E-state index in [0.29, 0.717) is 25.7 Å². The van der Waals surface area contributed by atoms with Crippen LogP contribution in [0, 0.1) is 11.8 Å². The van der Waals surface area contributed by atoms with Crippen LogP contribution in [0.4, 0.5) is 14.4 Å². The van der Waals surface area contributed by atoms with E-state index >= 15 is 0 Å². The lowest BCUT2D eigenvalue weighted by Gasteiger charge is -2.38. The van der Waals surface area contributed by atoms with E-state index in [1.807, 2.05) is 30.3 Å². The summed E-state index contributed by atoms with van der Waals surface area (Å²) in [4.78, 5) is 94.4. The van der Waals surface area contributed by atoms with Gasteiger partial charge >= 0.3 is 24.2 Å². The molecule has 4 N–H and O–H groups in total. The standard InChI is InChI=1S/C39H56N6O11/c1-38(2,3)55-36(51)44-19-23(40-32(47)26-14-16-28(26)43-35(50)54-21-22-11-9-8-10-12-22)17-29(44)33(48)42-27-15-13-25(27)31(46)41-24-18-30(34(49)53-7)45(20-24)37(52)56-39(4,5)6/h8-12,23-30H,13-21H2,1-7H3,(H,40,47)(H,41,46)(H,42,48)(H,43,50)/t23-,24-,25-,26-,27+,28+,29+,30+/m1/s1. The van der Waals surface area contributed by atoms with Crippen LogP contribution in [-0.4, -0.2) is 119 Å². The Balaban J connectivity index is 1.16. The fourth-order valence-electron chi connectivity index (χ4n) is 7.32. The second kappa shape index (κ2) is 17.4. The average Bonchev–Trinajstić information content (AvgIpc) is 3.71. The van der Waals surface area contributed by atoms with Crippen LogP contribution in [0.1, 0.15) is 85.6 Å². The van der Waals surface area contributed by atoms with Gasteiger partial charge in [0.15, 0.2) is 0 Å². The molecule has 2 aliphatic carbocycles. The molecule has 1 aromatic rings. The number of carbonyl (C=O) groups is 7. The van der Waals surface area contributed by atoms with Gasteiger partial charge in [-0.3, -0.25) is 24.2 Å². The molecule has 0 aromatic heterocycles. The maximum atomic E-state index is 13.8. The molecule has 308 valence electrons. The molecule has 2 saturated heterocycles. The highest BCUT2D eigenvalue weighted by Gasteiger charge is 2.48. The highest BCUT2D eigenvalue weighted by atomic mass is 16.6. The molecule has 4 fully saturated rings. The zero-order valence-corrected chi connectivity index (χ0v) is 33.3. The minimum atomic E-state index is -0.985. The van der Waals surface area contributed by atoms with Gasteiger partial charge in [-0.2, -0.15) is 0 Å². The Hall–Kier alpha value is -5.09. The normalized spacial score (nSPS) is 27.1. The lowest BCUT2D eigenvalue weighted by atomic mass is 9.78. The number of hydrogen-bond donors (Lipinski definition) is 4. The van der Waals surface area contributed by atoms with Gasteiger partial charge in [0.05, 0.1) is 18.9 Å². The summed E-state index contributed by atoms with van der Waals surface area (Å²) in [6.07, 6.45) is 0.393. The summed E-state index contributed by atoms with van der Waals surface area (Å²) >= 11 is 0. The summed E-state index contributed by atoms with van der Waals surface area (Å²) in [5.41, 5.74) is -0.802. The van der Waals surface area contributed by atoms with Crippen molar-refractivity contribution in [2.24, 2.45) is 11.8 Å². The molecule has 0 spiro atoms. The first-order valence-electron chi connectivity index (χ1n) is 19.3. The zero-order chi connectivity index (χ0) is 40.9. The van der Waals surface area contributed by atoms with Crippen molar-refractivity contribution in [3.63, 3.8) is 0 Å². The quantitative estimate of drug-likeness (QED) is 0.200. The molecule has 1 aromatic carbocycles. The number of amides is 6. The zero-order valence-electron chi connectivity index (χ0n) is 33.3. The first kappa shape index (κ1) is 42.1. The SMILES string of the molecule is COC(=O)[C@@H]1C[C@@H](NC(=O)[C@@H]2CC[C@@H]2NC(=O)[C@@H]2C[C@@H](NC(=O)[C@@H]3CC[C@@H]3NC(=O)OCc3ccccc3)CN2C(=O)OC(C)(C)C)CN1C(=O)OC(C)(C)C. The summed E-state index contributed by atoms with van der Waals surface area (Å²) in [5.74, 6) is -2.83. The topological polar surface area (TPSA) is 211 Å². The largest absolute Gasteiger partial charge is 0.467 e. The molecule has 6 amide bonds. The molecule has 0 bridgehead atoms. The van der Waals surface area contributed by atoms with E-state index < -0.39 is 89.4 Å². The number of ether oxygens (including phenoxy) is 4. The molecule has 2 heterocycles. The van der Waals surface area contributed by atoms with Crippen molar-refractivity contribution >= 4 is 42.0 Å². The van der Waals surface area contributed by atoms with Crippen LogP contribution in [0.3, 0.4) is 0 Å². The van der Waals surface area contributed by atoms with E-state index in [0.717, 1.165) is 5.56 Å². The lowest BCUT2D eigenvalue weighted by molar-refractivity contribution is -0.145. The predicted octanol–water partition coefficient (Wildman–Crippen LogP) is 2.75. The fraction of sp³-hybridized carbons (Fsp3) is 0.667. The predicted molar refractivity (Wildman–Crippen MR) is 199 cm³/mol. The van der Waals surface area contributed by atoms with Crippen LogP contribution in [0.5, 0.6) is 0 Å². The van der Waals surface area contributed by atoms with Crippen molar-refractivity contribution in [1.82, 2.24) is 31.1 Å². The van der Waals surface area contributed by atoms with Crippen LogP contribution in [0.2, 0.25) is 0 Å². The maximum Gasteiger partial charge on any atom is 0.411 e. The number of alkyl carbamates (subject to hydrolysis) is 1. The molecule has 2 saturated carbocycles. The molecular weight excluding hydrogens is 728 g/mol. The highest BCUT2D eigenvalue weighted by Crippen LogP contribution is 2.32. The summed E-state index contributed by atoms with van der Waals surface area (Å²) in [5, 5.41) is 11.6. The third-order valence-corrected chi connectivity index (χ3v) is 10.4. The van der Waals surface area contributed by atoms with Crippen LogP contribution in [-0.2, 0) is 44.7 Å². The van der Waals surface area contributed by atoms with Gasteiger partial charge in [-0.25, -0.2) is 19.2 Å². The van der Waals surface area contributed by atoms with Gasteiger partial charge in [-0.1, -0.05) is 30.3 Å². The molecule has 0 unspecified atom stereocenters. The number of nitrogens with one attached hydrogen (secondary N) is 4. The highest BCUT2D eigenvalue weighted by molar-refractivity contribution is 5.89. The molecule has 17 nitrogen and oxygen atoms in total. The number of esters is 1. The number of nitrogens with zero attached hydrogens (tertiary/aromatic N) is 2. The fourth-order valence-corrected chi connectivity index (χ4v) is 7.32. The van der Waals surface area contributed by atoms with E-state index in [1.165, 1.54) is 16.9 Å². The van der Waals surface area contributed by atoms with Gasteiger partial charge in [0.25, 0.3) is 0 Å². The third-order valence-electron chi connectivity index (χ3n) is 10.4. The summed E-state index contributed by atoms with van der Waals surface area (Å²) in [7, 11) is 1.23. The summed E-state index contributed by atoms with van der Waals surface area (Å²) < 4.78 is 21.3. The number of rotatable bonds is 10. The molecule has 5 rings (SSSR count). The van der Waals surface area contributed by atoms with Crippen molar-refractivity contribution in [1.29, 1.82) is 0 Å². The van der Waals surface area contributed by atoms with E-state index in [9.17, 15) is 33.6 Å². The Morgan fingerprint density at radius 3 is 1.59 bits per heavy atom. The second-order valence-electron chi connectivity index (χ2n) is 17.0. The van der Waals surface area contributed by atoms with Crippen LogP contribution in [0.25, 0.3) is 0 Å². The van der Waals surface area contributed by atoms with E-state index in [2.05, 4.69) is 21.3 Å². The molecule has 17 heteroatoms. The van der Waals surface area contributed by atoms with Crippen molar-refractivity contribution in [3.8, 4) is 0 Å². The van der Waals surface area contributed by atoms with Gasteiger partial charge in [0, 0.05) is 43.7 Å². The Labute approximate surface area is 327 Å². The number of likely N-dealkylation sites (tertiary alicyclic amines) is 2. The van der Waals surface area contributed by atoms with E-state index in [4.69, 9.17) is 18.9 Å². The Morgan fingerprint density at radius 1 is 0.643 bits per heavy atom. The molecular formula is C39H56N6O11. The van der Waals surface area contributed by atoms with Gasteiger partial charge in [-0.05, 0) is 79.2 Å².